The number of pyridine rings is 1. The molecule has 0 radical (unpaired) electrons. The van der Waals surface area contributed by atoms with Crippen LogP contribution in [0.3, 0.4) is 0 Å². The second kappa shape index (κ2) is 11.8. The topological polar surface area (TPSA) is 71.3 Å². The summed E-state index contributed by atoms with van der Waals surface area (Å²) >= 11 is 0. The summed E-state index contributed by atoms with van der Waals surface area (Å²) in [6, 6.07) is 16.5. The van der Waals surface area contributed by atoms with E-state index in [4.69, 9.17) is 4.42 Å². The normalized spacial score (nSPS) is 11.6. The van der Waals surface area contributed by atoms with Gasteiger partial charge < -0.3 is 9.73 Å². The highest BCUT2D eigenvalue weighted by Crippen LogP contribution is 2.30. The molecule has 0 spiro atoms. The van der Waals surface area contributed by atoms with Crippen LogP contribution in [-0.2, 0) is 32.2 Å². The van der Waals surface area contributed by atoms with Crippen LogP contribution in [0, 0.1) is 5.82 Å². The number of oxazole rings is 1. The predicted octanol–water partition coefficient (Wildman–Crippen LogP) is 5.40. The van der Waals surface area contributed by atoms with E-state index in [1.165, 1.54) is 24.5 Å². The van der Waals surface area contributed by atoms with Crippen LogP contribution in [-0.4, -0.2) is 27.3 Å². The third-order valence-corrected chi connectivity index (χ3v) is 5.49. The number of halogens is 4. The number of amides is 1. The lowest BCUT2D eigenvalue weighted by Crippen LogP contribution is -2.26. The van der Waals surface area contributed by atoms with Crippen molar-refractivity contribution in [3.63, 3.8) is 0 Å². The van der Waals surface area contributed by atoms with Crippen LogP contribution in [0.15, 0.2) is 83.6 Å². The Hall–Kier alpha value is -4.05. The van der Waals surface area contributed by atoms with Crippen LogP contribution < -0.4 is 5.32 Å². The monoisotopic (exact) mass is 512 g/mol. The standard InChI is InChI=1S/C27H24F4N4O2/c28-22-8-4-6-20(14-22)16-35(15-19-5-3-7-21(13-19)27(29,30)31)17-25-34-24(18-37-25)26(36)33-12-10-23-9-1-2-11-32-23/h1-9,11,13-14,18H,10,12,15-17H2,(H,33,36). The highest BCUT2D eigenvalue weighted by molar-refractivity contribution is 5.91. The molecule has 4 aromatic rings. The van der Waals surface area contributed by atoms with Crippen LogP contribution in [0.4, 0.5) is 17.6 Å². The van der Waals surface area contributed by atoms with Gasteiger partial charge in [-0.2, -0.15) is 13.2 Å². The summed E-state index contributed by atoms with van der Waals surface area (Å²) in [5.41, 5.74) is 1.22. The first-order chi connectivity index (χ1) is 17.8. The van der Waals surface area contributed by atoms with E-state index in [0.717, 1.165) is 17.8 Å². The maximum Gasteiger partial charge on any atom is 0.416 e. The zero-order valence-electron chi connectivity index (χ0n) is 19.7. The number of hydrogen-bond donors (Lipinski definition) is 1. The zero-order chi connectivity index (χ0) is 26.3. The maximum atomic E-state index is 13.7. The van der Waals surface area contributed by atoms with E-state index >= 15 is 0 Å². The fraction of sp³-hybridized carbons (Fsp3) is 0.222. The van der Waals surface area contributed by atoms with Gasteiger partial charge in [0.15, 0.2) is 5.69 Å². The van der Waals surface area contributed by atoms with Crippen molar-refractivity contribution >= 4 is 5.91 Å². The van der Waals surface area contributed by atoms with Crippen molar-refractivity contribution < 1.29 is 26.8 Å². The number of alkyl halides is 3. The molecule has 10 heteroatoms. The summed E-state index contributed by atoms with van der Waals surface area (Å²) in [5, 5.41) is 2.76. The molecule has 6 nitrogen and oxygen atoms in total. The summed E-state index contributed by atoms with van der Waals surface area (Å²) in [6.07, 6.45) is -1.01. The van der Waals surface area contributed by atoms with Gasteiger partial charge in [0.2, 0.25) is 5.89 Å². The van der Waals surface area contributed by atoms with E-state index in [0.29, 0.717) is 24.1 Å². The highest BCUT2D eigenvalue weighted by Gasteiger charge is 2.30. The largest absolute Gasteiger partial charge is 0.447 e. The molecule has 2 heterocycles. The van der Waals surface area contributed by atoms with E-state index in [1.54, 1.807) is 29.3 Å². The Morgan fingerprint density at radius 1 is 0.946 bits per heavy atom. The van der Waals surface area contributed by atoms with Gasteiger partial charge in [-0.3, -0.25) is 14.7 Å². The molecule has 0 atom stereocenters. The Morgan fingerprint density at radius 3 is 2.41 bits per heavy atom. The summed E-state index contributed by atoms with van der Waals surface area (Å²) in [7, 11) is 0. The minimum Gasteiger partial charge on any atom is -0.447 e. The van der Waals surface area contributed by atoms with Crippen molar-refractivity contribution in [2.75, 3.05) is 6.54 Å². The second-order valence-corrected chi connectivity index (χ2v) is 8.43. The van der Waals surface area contributed by atoms with Crippen LogP contribution in [0.1, 0.15) is 38.8 Å². The molecule has 192 valence electrons. The van der Waals surface area contributed by atoms with Gasteiger partial charge in [0.1, 0.15) is 12.1 Å². The minimum absolute atomic E-state index is 0.0841. The molecular weight excluding hydrogens is 488 g/mol. The maximum absolute atomic E-state index is 13.7. The molecule has 0 saturated carbocycles. The van der Waals surface area contributed by atoms with Crippen LogP contribution in [0.5, 0.6) is 0 Å². The van der Waals surface area contributed by atoms with Gasteiger partial charge in [-0.15, -0.1) is 0 Å². The third kappa shape index (κ3) is 7.71. The Balaban J connectivity index is 1.44. The molecule has 0 aliphatic heterocycles. The van der Waals surface area contributed by atoms with Crippen LogP contribution in [0.25, 0.3) is 0 Å². The van der Waals surface area contributed by atoms with Gasteiger partial charge in [0.05, 0.1) is 12.1 Å². The number of hydrogen-bond acceptors (Lipinski definition) is 5. The highest BCUT2D eigenvalue weighted by atomic mass is 19.4. The molecule has 0 aliphatic carbocycles. The molecule has 37 heavy (non-hydrogen) atoms. The van der Waals surface area contributed by atoms with E-state index in [9.17, 15) is 22.4 Å². The van der Waals surface area contributed by atoms with Gasteiger partial charge in [-0.25, -0.2) is 9.37 Å². The summed E-state index contributed by atoms with van der Waals surface area (Å²) in [5.74, 6) is -0.629. The first-order valence-electron chi connectivity index (χ1n) is 11.5. The second-order valence-electron chi connectivity index (χ2n) is 8.43. The predicted molar refractivity (Wildman–Crippen MR) is 128 cm³/mol. The number of aromatic nitrogens is 2. The number of nitrogens with zero attached hydrogens (tertiary/aromatic N) is 3. The lowest BCUT2D eigenvalue weighted by Gasteiger charge is -2.21. The van der Waals surface area contributed by atoms with Gasteiger partial charge in [0.25, 0.3) is 5.91 Å². The van der Waals surface area contributed by atoms with Crippen LogP contribution in [0.2, 0.25) is 0 Å². The molecule has 0 bridgehead atoms. The minimum atomic E-state index is -4.47. The molecule has 1 N–H and O–H groups in total. The number of carbonyl (C=O) groups is 1. The Labute approximate surface area is 211 Å². The molecule has 0 fully saturated rings. The molecule has 1 amide bonds. The van der Waals surface area contributed by atoms with E-state index in [1.807, 2.05) is 18.2 Å². The van der Waals surface area contributed by atoms with Crippen molar-refractivity contribution in [2.24, 2.45) is 0 Å². The molecule has 0 aliphatic rings. The van der Waals surface area contributed by atoms with Crippen molar-refractivity contribution in [3.05, 3.63) is 119 Å². The number of benzene rings is 2. The Bertz CT molecular complexity index is 1330. The third-order valence-electron chi connectivity index (χ3n) is 5.49. The van der Waals surface area contributed by atoms with Crippen LogP contribution >= 0.6 is 0 Å². The SMILES string of the molecule is O=C(NCCc1ccccn1)c1coc(CN(Cc2cccc(F)c2)Cc2cccc(C(F)(F)F)c2)n1. The van der Waals surface area contributed by atoms with Crippen molar-refractivity contribution in [1.82, 2.24) is 20.2 Å². The number of carbonyl (C=O) groups excluding carboxylic acids is 1. The average Bonchev–Trinajstić information content (AvgIpc) is 3.33. The molecule has 2 aromatic heterocycles. The smallest absolute Gasteiger partial charge is 0.416 e. The molecule has 0 saturated heterocycles. The van der Waals surface area contributed by atoms with Gasteiger partial charge in [0, 0.05) is 37.9 Å². The summed E-state index contributed by atoms with van der Waals surface area (Å²) in [6.45, 7) is 0.795. The van der Waals surface area contributed by atoms with Gasteiger partial charge >= 0.3 is 6.18 Å². The molecule has 2 aromatic carbocycles. The summed E-state index contributed by atoms with van der Waals surface area (Å²) < 4.78 is 58.8. The van der Waals surface area contributed by atoms with Crippen molar-refractivity contribution in [1.29, 1.82) is 0 Å². The van der Waals surface area contributed by atoms with Gasteiger partial charge in [-0.05, 0) is 41.5 Å². The lowest BCUT2D eigenvalue weighted by atomic mass is 10.1. The van der Waals surface area contributed by atoms with E-state index in [2.05, 4.69) is 15.3 Å². The zero-order valence-corrected chi connectivity index (χ0v) is 19.7. The first kappa shape index (κ1) is 26.0. The molecule has 4 rings (SSSR count). The van der Waals surface area contributed by atoms with E-state index in [-0.39, 0.29) is 31.2 Å². The van der Waals surface area contributed by atoms with E-state index < -0.39 is 23.5 Å². The first-order valence-corrected chi connectivity index (χ1v) is 11.5. The lowest BCUT2D eigenvalue weighted by molar-refractivity contribution is -0.137. The fourth-order valence-electron chi connectivity index (χ4n) is 3.79. The molecule has 0 unspecified atom stereocenters. The van der Waals surface area contributed by atoms with Gasteiger partial charge in [-0.1, -0.05) is 36.4 Å². The molecular formula is C27H24F4N4O2. The average molecular weight is 513 g/mol. The van der Waals surface area contributed by atoms with Crippen molar-refractivity contribution in [2.45, 2.75) is 32.2 Å². The van der Waals surface area contributed by atoms with Crippen molar-refractivity contribution in [3.8, 4) is 0 Å². The summed E-state index contributed by atoms with van der Waals surface area (Å²) in [4.78, 5) is 22.7. The number of nitrogens with one attached hydrogen (secondary N) is 1. The Kier molecular flexibility index (Phi) is 8.29. The quantitative estimate of drug-likeness (QED) is 0.288. The number of rotatable bonds is 10. The fourth-order valence-corrected chi connectivity index (χ4v) is 3.79. The Morgan fingerprint density at radius 2 is 1.70 bits per heavy atom.